The summed E-state index contributed by atoms with van der Waals surface area (Å²) in [5.41, 5.74) is 2.27. The van der Waals surface area contributed by atoms with Crippen LogP contribution in [0.3, 0.4) is 0 Å². The number of nitrogens with zero attached hydrogens (tertiary/aromatic N) is 2. The van der Waals surface area contributed by atoms with E-state index in [0.717, 1.165) is 43.3 Å². The zero-order valence-electron chi connectivity index (χ0n) is 16.0. The second-order valence-electron chi connectivity index (χ2n) is 8.47. The number of aromatic amines is 1. The maximum Gasteiger partial charge on any atom is 0.255 e. The molecule has 0 spiro atoms. The standard InChI is InChI=1S/C22H27N3O2/c1-22-20-17(16-10-6-7-11-18(16)23-20)12-13-25(22)19(26)14-24(21(22)27)15-8-4-2-3-5-9-15/h6-7,10-11,15,23H,2-5,8-9,12-14H2,1H3. The molecular formula is C22H27N3O2. The van der Waals surface area contributed by atoms with Crippen LogP contribution in [-0.2, 0) is 21.5 Å². The van der Waals surface area contributed by atoms with Gasteiger partial charge in [0.25, 0.3) is 5.91 Å². The first-order valence-corrected chi connectivity index (χ1v) is 10.3. The van der Waals surface area contributed by atoms with Crippen molar-refractivity contribution in [1.29, 1.82) is 0 Å². The van der Waals surface area contributed by atoms with Crippen LogP contribution in [0.15, 0.2) is 24.3 Å². The SMILES string of the molecule is CC12C(=O)N(C3CCCCCC3)CC(=O)N1CCc1c2[nH]c2ccccc12. The normalized spacial score (nSPS) is 26.9. The Labute approximate surface area is 159 Å². The van der Waals surface area contributed by atoms with Crippen molar-refractivity contribution in [3.05, 3.63) is 35.5 Å². The van der Waals surface area contributed by atoms with E-state index in [2.05, 4.69) is 17.1 Å². The number of hydrogen-bond donors (Lipinski definition) is 1. The van der Waals surface area contributed by atoms with E-state index in [9.17, 15) is 9.59 Å². The van der Waals surface area contributed by atoms with E-state index >= 15 is 0 Å². The molecule has 1 aromatic carbocycles. The van der Waals surface area contributed by atoms with Gasteiger partial charge in [0.15, 0.2) is 5.54 Å². The summed E-state index contributed by atoms with van der Waals surface area (Å²) in [6.45, 7) is 2.81. The van der Waals surface area contributed by atoms with Crippen LogP contribution in [0.5, 0.6) is 0 Å². The average Bonchev–Trinajstić information content (AvgIpc) is 2.86. The van der Waals surface area contributed by atoms with Crippen LogP contribution in [0.1, 0.15) is 56.7 Å². The fourth-order valence-corrected chi connectivity index (χ4v) is 5.50. The van der Waals surface area contributed by atoms with Crippen LogP contribution >= 0.6 is 0 Å². The maximum atomic E-state index is 13.8. The Morgan fingerprint density at radius 1 is 1.07 bits per heavy atom. The van der Waals surface area contributed by atoms with Gasteiger partial charge in [0.05, 0.1) is 5.69 Å². The first kappa shape index (κ1) is 16.8. The summed E-state index contributed by atoms with van der Waals surface area (Å²) in [7, 11) is 0. The number of benzene rings is 1. The van der Waals surface area contributed by atoms with E-state index in [1.54, 1.807) is 0 Å². The highest BCUT2D eigenvalue weighted by Crippen LogP contribution is 2.43. The first-order chi connectivity index (χ1) is 13.1. The Morgan fingerprint density at radius 3 is 2.59 bits per heavy atom. The number of para-hydroxylation sites is 1. The highest BCUT2D eigenvalue weighted by molar-refractivity contribution is 6.00. The number of nitrogens with one attached hydrogen (secondary N) is 1. The number of fused-ring (bicyclic) bond motifs is 5. The first-order valence-electron chi connectivity index (χ1n) is 10.3. The molecule has 142 valence electrons. The van der Waals surface area contributed by atoms with Crippen molar-refractivity contribution in [2.45, 2.75) is 63.5 Å². The molecule has 0 bridgehead atoms. The molecule has 1 N–H and O–H groups in total. The van der Waals surface area contributed by atoms with Crippen molar-refractivity contribution in [3.63, 3.8) is 0 Å². The van der Waals surface area contributed by atoms with Gasteiger partial charge in [-0.1, -0.05) is 43.9 Å². The van der Waals surface area contributed by atoms with Crippen molar-refractivity contribution in [2.75, 3.05) is 13.1 Å². The van der Waals surface area contributed by atoms with Gasteiger partial charge < -0.3 is 14.8 Å². The highest BCUT2D eigenvalue weighted by atomic mass is 16.2. The Hall–Kier alpha value is -2.30. The molecule has 1 saturated heterocycles. The molecule has 1 aromatic heterocycles. The molecule has 2 aliphatic heterocycles. The molecular weight excluding hydrogens is 338 g/mol. The van der Waals surface area contributed by atoms with Crippen molar-refractivity contribution in [3.8, 4) is 0 Å². The molecule has 5 rings (SSSR count). The van der Waals surface area contributed by atoms with Crippen LogP contribution in [0, 0.1) is 0 Å². The summed E-state index contributed by atoms with van der Waals surface area (Å²) < 4.78 is 0. The van der Waals surface area contributed by atoms with Crippen LogP contribution in [0.4, 0.5) is 0 Å². The fraction of sp³-hybridized carbons (Fsp3) is 0.545. The maximum absolute atomic E-state index is 13.8. The van der Waals surface area contributed by atoms with Gasteiger partial charge in [-0.25, -0.2) is 0 Å². The minimum absolute atomic E-state index is 0.0886. The molecule has 27 heavy (non-hydrogen) atoms. The lowest BCUT2D eigenvalue weighted by Crippen LogP contribution is -2.68. The van der Waals surface area contributed by atoms with E-state index in [1.165, 1.54) is 23.8 Å². The molecule has 2 fully saturated rings. The third-order valence-corrected chi connectivity index (χ3v) is 6.98. The second-order valence-corrected chi connectivity index (χ2v) is 8.47. The van der Waals surface area contributed by atoms with Gasteiger partial charge in [0.2, 0.25) is 5.91 Å². The lowest BCUT2D eigenvalue weighted by molar-refractivity contribution is -0.168. The monoisotopic (exact) mass is 365 g/mol. The van der Waals surface area contributed by atoms with Gasteiger partial charge in [0, 0.05) is 23.5 Å². The van der Waals surface area contributed by atoms with E-state index < -0.39 is 5.54 Å². The molecule has 5 heteroatoms. The highest BCUT2D eigenvalue weighted by Gasteiger charge is 2.55. The number of hydrogen-bond acceptors (Lipinski definition) is 2. The molecule has 1 atom stereocenters. The van der Waals surface area contributed by atoms with Gasteiger partial charge in [-0.2, -0.15) is 0 Å². The van der Waals surface area contributed by atoms with Crippen LogP contribution < -0.4 is 0 Å². The minimum atomic E-state index is -0.908. The second kappa shape index (κ2) is 6.11. The van der Waals surface area contributed by atoms with Crippen LogP contribution in [-0.4, -0.2) is 45.7 Å². The summed E-state index contributed by atoms with van der Waals surface area (Å²) in [5.74, 6) is 0.187. The Morgan fingerprint density at radius 2 is 1.81 bits per heavy atom. The summed E-state index contributed by atoms with van der Waals surface area (Å²) in [6.07, 6.45) is 7.63. The molecule has 2 amide bonds. The summed E-state index contributed by atoms with van der Waals surface area (Å²) in [5, 5.41) is 1.18. The summed E-state index contributed by atoms with van der Waals surface area (Å²) in [6, 6.07) is 8.42. The van der Waals surface area contributed by atoms with Crippen LogP contribution in [0.2, 0.25) is 0 Å². The number of carbonyl (C=O) groups excluding carboxylic acids is 2. The van der Waals surface area contributed by atoms with E-state index in [4.69, 9.17) is 0 Å². The van der Waals surface area contributed by atoms with Gasteiger partial charge in [-0.15, -0.1) is 0 Å². The molecule has 0 radical (unpaired) electrons. The Balaban J connectivity index is 1.61. The fourth-order valence-electron chi connectivity index (χ4n) is 5.50. The topological polar surface area (TPSA) is 56.4 Å². The van der Waals surface area contributed by atoms with E-state index in [-0.39, 0.29) is 24.4 Å². The molecule has 5 nitrogen and oxygen atoms in total. The Kier molecular flexibility index (Phi) is 3.81. The summed E-state index contributed by atoms with van der Waals surface area (Å²) in [4.78, 5) is 34.1. The number of rotatable bonds is 1. The molecule has 3 aliphatic rings. The van der Waals surface area contributed by atoms with E-state index in [1.807, 2.05) is 28.9 Å². The molecule has 1 aliphatic carbocycles. The van der Waals surface area contributed by atoms with Crippen molar-refractivity contribution < 1.29 is 9.59 Å². The van der Waals surface area contributed by atoms with Crippen molar-refractivity contribution >= 4 is 22.7 Å². The van der Waals surface area contributed by atoms with Crippen molar-refractivity contribution in [1.82, 2.24) is 14.8 Å². The van der Waals surface area contributed by atoms with Gasteiger partial charge in [-0.3, -0.25) is 9.59 Å². The summed E-state index contributed by atoms with van der Waals surface area (Å²) >= 11 is 0. The zero-order valence-corrected chi connectivity index (χ0v) is 16.0. The number of carbonyl (C=O) groups is 2. The quantitative estimate of drug-likeness (QED) is 0.788. The predicted molar refractivity (Wildman–Crippen MR) is 104 cm³/mol. The third kappa shape index (κ3) is 2.36. The number of amides is 2. The number of aromatic nitrogens is 1. The number of H-pyrrole nitrogens is 1. The lowest BCUT2D eigenvalue weighted by atomic mass is 9.82. The molecule has 3 heterocycles. The third-order valence-electron chi connectivity index (χ3n) is 6.98. The molecule has 1 unspecified atom stereocenters. The average molecular weight is 365 g/mol. The molecule has 1 saturated carbocycles. The smallest absolute Gasteiger partial charge is 0.255 e. The van der Waals surface area contributed by atoms with Gasteiger partial charge >= 0.3 is 0 Å². The van der Waals surface area contributed by atoms with Gasteiger partial charge in [0.1, 0.15) is 6.54 Å². The van der Waals surface area contributed by atoms with Crippen LogP contribution in [0.25, 0.3) is 10.9 Å². The van der Waals surface area contributed by atoms with Crippen molar-refractivity contribution in [2.24, 2.45) is 0 Å². The number of piperazine rings is 1. The largest absolute Gasteiger partial charge is 0.356 e. The van der Waals surface area contributed by atoms with E-state index in [0.29, 0.717) is 6.54 Å². The predicted octanol–water partition coefficient (Wildman–Crippen LogP) is 3.33. The lowest BCUT2D eigenvalue weighted by Gasteiger charge is -2.51. The Bertz CT molecular complexity index is 909. The molecule has 2 aromatic rings. The minimum Gasteiger partial charge on any atom is -0.356 e. The zero-order chi connectivity index (χ0) is 18.6. The van der Waals surface area contributed by atoms with Gasteiger partial charge in [-0.05, 0) is 37.8 Å².